The smallest absolute Gasteiger partial charge is 0.0622 e. The highest BCUT2D eigenvalue weighted by Gasteiger charge is 2.18. The largest absolute Gasteiger partial charge is 0.373 e. The molecule has 1 aromatic rings. The van der Waals surface area contributed by atoms with Crippen molar-refractivity contribution in [3.63, 3.8) is 0 Å². The zero-order chi connectivity index (χ0) is 11.4. The van der Waals surface area contributed by atoms with Gasteiger partial charge in [0.2, 0.25) is 0 Å². The fourth-order valence-electron chi connectivity index (χ4n) is 1.57. The molecule has 1 unspecified atom stereocenters. The van der Waals surface area contributed by atoms with Crippen molar-refractivity contribution in [1.82, 2.24) is 0 Å². The second-order valence-corrected chi connectivity index (χ2v) is 4.98. The molecule has 1 heterocycles. The summed E-state index contributed by atoms with van der Waals surface area (Å²) in [7, 11) is 1.26. The Morgan fingerprint density at radius 1 is 1.33 bits per heavy atom. The summed E-state index contributed by atoms with van der Waals surface area (Å²) in [5, 5.41) is 0. The maximum Gasteiger partial charge on any atom is 0.0622 e. The Kier molecular flexibility index (Phi) is 4.33. The fraction of sp³-hybridized carbons (Fsp3) is 0.500. The molecule has 1 aliphatic heterocycles. The average Bonchev–Trinajstić information content (AvgIpc) is 2.27. The third-order valence-electron chi connectivity index (χ3n) is 2.38. The molecule has 0 saturated carbocycles. The molecule has 0 saturated heterocycles. The molecule has 0 aliphatic carbocycles. The molecule has 0 amide bonds. The first-order valence-corrected chi connectivity index (χ1v) is 6.70. The van der Waals surface area contributed by atoms with Gasteiger partial charge in [0.1, 0.15) is 0 Å². The molecule has 0 N–H and O–H groups in total. The molecule has 0 bridgehead atoms. The van der Waals surface area contributed by atoms with Gasteiger partial charge in [-0.25, -0.2) is 0 Å². The summed E-state index contributed by atoms with van der Waals surface area (Å²) >= 11 is 0. The lowest BCUT2D eigenvalue weighted by Crippen LogP contribution is -2.29. The Morgan fingerprint density at radius 2 is 2.00 bits per heavy atom. The van der Waals surface area contributed by atoms with Crippen molar-refractivity contribution in [3.05, 3.63) is 23.8 Å². The first-order valence-electron chi connectivity index (χ1n) is 5.38. The molecule has 1 aliphatic rings. The number of rotatable bonds is 0. The molecule has 0 aromatic heterocycles. The van der Waals surface area contributed by atoms with E-state index in [1.54, 1.807) is 0 Å². The van der Waals surface area contributed by atoms with Gasteiger partial charge in [-0.15, -0.1) is 0 Å². The predicted octanol–water partition coefficient (Wildman–Crippen LogP) is 2.58. The van der Waals surface area contributed by atoms with Crippen LogP contribution in [0.25, 0.3) is 0 Å². The number of hydrogen-bond acceptors (Lipinski definition) is 2. The average molecular weight is 225 g/mol. The van der Waals surface area contributed by atoms with E-state index >= 15 is 0 Å². The molecule has 1 atom stereocenters. The van der Waals surface area contributed by atoms with Gasteiger partial charge in [0.15, 0.2) is 0 Å². The van der Waals surface area contributed by atoms with Crippen LogP contribution in [0.15, 0.2) is 23.1 Å². The van der Waals surface area contributed by atoms with Crippen LogP contribution in [0.4, 0.5) is 5.69 Å². The summed E-state index contributed by atoms with van der Waals surface area (Å²) < 4.78 is 11.6. The molecule has 2 nitrogen and oxygen atoms in total. The number of hydrogen-bond donors (Lipinski definition) is 0. The number of aryl methyl sites for hydroxylation is 1. The van der Waals surface area contributed by atoms with E-state index < -0.39 is 10.8 Å². The van der Waals surface area contributed by atoms with Crippen molar-refractivity contribution in [2.24, 2.45) is 0 Å². The molecular formula is C12H19NOS. The van der Waals surface area contributed by atoms with Gasteiger partial charge >= 0.3 is 0 Å². The van der Waals surface area contributed by atoms with E-state index in [-0.39, 0.29) is 0 Å². The van der Waals surface area contributed by atoms with E-state index in [0.29, 0.717) is 0 Å². The Labute approximate surface area is 94.8 Å². The molecule has 2 rings (SSSR count). The minimum atomic E-state index is -0.786. The van der Waals surface area contributed by atoms with Gasteiger partial charge < -0.3 is 4.90 Å². The van der Waals surface area contributed by atoms with Gasteiger partial charge in [-0.05, 0) is 24.6 Å². The van der Waals surface area contributed by atoms with Crippen LogP contribution >= 0.6 is 0 Å². The number of benzene rings is 1. The Bertz CT molecular complexity index is 363. The summed E-state index contributed by atoms with van der Waals surface area (Å²) in [5.41, 5.74) is 2.36. The van der Waals surface area contributed by atoms with Crippen molar-refractivity contribution in [2.45, 2.75) is 25.7 Å². The molecule has 0 fully saturated rings. The second kappa shape index (κ2) is 5.31. The molecule has 3 heteroatoms. The highest BCUT2D eigenvalue weighted by molar-refractivity contribution is 7.85. The number of fused-ring (bicyclic) bond motifs is 1. The van der Waals surface area contributed by atoms with Gasteiger partial charge in [0.05, 0.1) is 21.4 Å². The van der Waals surface area contributed by atoms with Gasteiger partial charge in [0, 0.05) is 19.3 Å². The highest BCUT2D eigenvalue weighted by atomic mass is 32.2. The van der Waals surface area contributed by atoms with E-state index in [1.807, 2.05) is 26.0 Å². The lowest BCUT2D eigenvalue weighted by molar-refractivity contribution is 0.678. The minimum Gasteiger partial charge on any atom is -0.373 e. The monoisotopic (exact) mass is 225 g/mol. The summed E-state index contributed by atoms with van der Waals surface area (Å²) in [5.74, 6) is 0.757. The second-order valence-electron chi connectivity index (χ2n) is 3.44. The van der Waals surface area contributed by atoms with E-state index in [4.69, 9.17) is 0 Å². The Hall–Kier alpha value is -0.830. The van der Waals surface area contributed by atoms with Gasteiger partial charge in [-0.3, -0.25) is 4.21 Å². The van der Waals surface area contributed by atoms with Crippen LogP contribution in [0.2, 0.25) is 0 Å². The van der Waals surface area contributed by atoms with E-state index in [2.05, 4.69) is 24.9 Å². The summed E-state index contributed by atoms with van der Waals surface area (Å²) in [4.78, 5) is 3.16. The first-order chi connectivity index (χ1) is 7.18. The SMILES string of the molecule is CC.Cc1ccc2c(c1)N(C)CCS2=O. The fourth-order valence-corrected chi connectivity index (χ4v) is 2.90. The van der Waals surface area contributed by atoms with E-state index in [1.165, 1.54) is 5.56 Å². The zero-order valence-electron chi connectivity index (χ0n) is 9.91. The van der Waals surface area contributed by atoms with Gasteiger partial charge in [-0.1, -0.05) is 19.9 Å². The van der Waals surface area contributed by atoms with Crippen LogP contribution in [-0.2, 0) is 10.8 Å². The lowest BCUT2D eigenvalue weighted by atomic mass is 10.2. The van der Waals surface area contributed by atoms with Crippen molar-refractivity contribution in [3.8, 4) is 0 Å². The Morgan fingerprint density at radius 3 is 2.67 bits per heavy atom. The number of anilines is 1. The first kappa shape index (κ1) is 12.2. The lowest BCUT2D eigenvalue weighted by Gasteiger charge is -2.27. The quantitative estimate of drug-likeness (QED) is 0.676. The highest BCUT2D eigenvalue weighted by Crippen LogP contribution is 2.27. The number of nitrogens with zero attached hydrogens (tertiary/aromatic N) is 1. The normalized spacial score (nSPS) is 18.9. The standard InChI is InChI=1S/C10H13NOS.C2H6/c1-8-3-4-10-9(7-8)11(2)5-6-13(10)12;1-2/h3-4,7H,5-6H2,1-2H3;1-2H3. The molecule has 15 heavy (non-hydrogen) atoms. The molecule has 0 radical (unpaired) electrons. The van der Waals surface area contributed by atoms with Gasteiger partial charge in [-0.2, -0.15) is 0 Å². The van der Waals surface area contributed by atoms with Crippen LogP contribution in [0.5, 0.6) is 0 Å². The van der Waals surface area contributed by atoms with Crippen LogP contribution in [0.1, 0.15) is 19.4 Å². The third-order valence-corrected chi connectivity index (χ3v) is 3.77. The predicted molar refractivity (Wildman–Crippen MR) is 67.1 cm³/mol. The van der Waals surface area contributed by atoms with Crippen LogP contribution in [-0.4, -0.2) is 23.6 Å². The van der Waals surface area contributed by atoms with Crippen LogP contribution in [0.3, 0.4) is 0 Å². The zero-order valence-corrected chi connectivity index (χ0v) is 10.7. The Balaban J connectivity index is 0.000000531. The van der Waals surface area contributed by atoms with Crippen molar-refractivity contribution < 1.29 is 4.21 Å². The van der Waals surface area contributed by atoms with Crippen LogP contribution < -0.4 is 4.90 Å². The molecular weight excluding hydrogens is 206 g/mol. The molecule has 1 aromatic carbocycles. The summed E-state index contributed by atoms with van der Waals surface area (Å²) in [6.45, 7) is 6.95. The molecule has 84 valence electrons. The van der Waals surface area contributed by atoms with Crippen LogP contribution in [0, 0.1) is 6.92 Å². The molecule has 0 spiro atoms. The third kappa shape index (κ3) is 2.59. The van der Waals surface area contributed by atoms with Crippen molar-refractivity contribution in [1.29, 1.82) is 0 Å². The van der Waals surface area contributed by atoms with Crippen molar-refractivity contribution in [2.75, 3.05) is 24.2 Å². The minimum absolute atomic E-state index is 0.757. The summed E-state index contributed by atoms with van der Waals surface area (Å²) in [6.07, 6.45) is 0. The maximum absolute atomic E-state index is 11.6. The summed E-state index contributed by atoms with van der Waals surface area (Å²) in [6, 6.07) is 6.11. The van der Waals surface area contributed by atoms with Crippen molar-refractivity contribution >= 4 is 16.5 Å². The van der Waals surface area contributed by atoms with E-state index in [0.717, 1.165) is 22.9 Å². The maximum atomic E-state index is 11.6. The van der Waals surface area contributed by atoms with E-state index in [9.17, 15) is 4.21 Å². The van der Waals surface area contributed by atoms with Gasteiger partial charge in [0.25, 0.3) is 0 Å². The topological polar surface area (TPSA) is 20.3 Å².